The van der Waals surface area contributed by atoms with Gasteiger partial charge < -0.3 is 15.2 Å². The Hall–Kier alpha value is -4.17. The number of aromatic nitrogens is 1. The smallest absolute Gasteiger partial charge is 0.271 e. The summed E-state index contributed by atoms with van der Waals surface area (Å²) >= 11 is 1.52. The van der Waals surface area contributed by atoms with Crippen LogP contribution < -0.4 is 15.5 Å². The van der Waals surface area contributed by atoms with Gasteiger partial charge in [-0.05, 0) is 48.0 Å². The second kappa shape index (κ2) is 9.76. The van der Waals surface area contributed by atoms with Crippen LogP contribution in [0.5, 0.6) is 11.5 Å². The molecule has 0 atom stereocenters. The van der Waals surface area contributed by atoms with Gasteiger partial charge in [-0.1, -0.05) is 30.3 Å². The molecule has 160 valence electrons. The van der Waals surface area contributed by atoms with Gasteiger partial charge in [-0.15, -0.1) is 11.3 Å². The van der Waals surface area contributed by atoms with Crippen molar-refractivity contribution in [2.45, 2.75) is 0 Å². The first-order valence-corrected chi connectivity index (χ1v) is 10.6. The Kier molecular flexibility index (Phi) is 6.43. The van der Waals surface area contributed by atoms with Gasteiger partial charge in [-0.2, -0.15) is 5.10 Å². The average Bonchev–Trinajstić information content (AvgIpc) is 3.29. The summed E-state index contributed by atoms with van der Waals surface area (Å²) in [6.07, 6.45) is 1.48. The molecule has 0 saturated heterocycles. The van der Waals surface area contributed by atoms with Gasteiger partial charge in [0.05, 0.1) is 19.0 Å². The van der Waals surface area contributed by atoms with E-state index in [4.69, 9.17) is 4.74 Å². The molecule has 1 heterocycles. The molecule has 0 unspecified atom stereocenters. The standard InChI is InChI=1S/C24H20N4O3S/c1-31-22-13-16(7-12-21(22)29)14-25-28-23(30)18-10-8-17(9-11-18)20-15-32-24(27-20)26-19-5-3-2-4-6-19/h2-15,29H,1H3,(H,26,27)(H,28,30)/b25-14-. The van der Waals surface area contributed by atoms with E-state index in [0.29, 0.717) is 16.9 Å². The molecule has 3 N–H and O–H groups in total. The van der Waals surface area contributed by atoms with Crippen LogP contribution in [0.1, 0.15) is 15.9 Å². The molecule has 0 radical (unpaired) electrons. The summed E-state index contributed by atoms with van der Waals surface area (Å²) in [6.45, 7) is 0. The van der Waals surface area contributed by atoms with E-state index in [0.717, 1.165) is 22.1 Å². The number of aromatic hydroxyl groups is 1. The molecule has 0 aliphatic heterocycles. The number of amides is 1. The number of hydrogen-bond acceptors (Lipinski definition) is 7. The molecule has 0 spiro atoms. The Labute approximate surface area is 189 Å². The van der Waals surface area contributed by atoms with Crippen molar-refractivity contribution in [3.63, 3.8) is 0 Å². The van der Waals surface area contributed by atoms with Gasteiger partial charge in [-0.25, -0.2) is 10.4 Å². The normalized spacial score (nSPS) is 10.8. The second-order valence-corrected chi connectivity index (χ2v) is 7.59. The van der Waals surface area contributed by atoms with Crippen molar-refractivity contribution in [2.24, 2.45) is 5.10 Å². The van der Waals surface area contributed by atoms with Gasteiger partial charge in [0.25, 0.3) is 5.91 Å². The van der Waals surface area contributed by atoms with E-state index in [2.05, 4.69) is 20.8 Å². The Bertz CT molecular complexity index is 1240. The number of benzene rings is 3. The molecule has 0 bridgehead atoms. The quantitative estimate of drug-likeness (QED) is 0.274. The number of nitrogens with zero attached hydrogens (tertiary/aromatic N) is 2. The highest BCUT2D eigenvalue weighted by Gasteiger charge is 2.08. The predicted octanol–water partition coefficient (Wildman–Crippen LogP) is 5.03. The summed E-state index contributed by atoms with van der Waals surface area (Å²) in [6, 6.07) is 21.8. The molecule has 7 nitrogen and oxygen atoms in total. The number of hydrazone groups is 1. The third-order valence-electron chi connectivity index (χ3n) is 4.56. The Balaban J connectivity index is 1.37. The predicted molar refractivity (Wildman–Crippen MR) is 127 cm³/mol. The van der Waals surface area contributed by atoms with Crippen molar-refractivity contribution < 1.29 is 14.6 Å². The van der Waals surface area contributed by atoms with Crippen LogP contribution >= 0.6 is 11.3 Å². The fourth-order valence-corrected chi connectivity index (χ4v) is 3.65. The second-order valence-electron chi connectivity index (χ2n) is 6.74. The highest BCUT2D eigenvalue weighted by Crippen LogP contribution is 2.27. The van der Waals surface area contributed by atoms with Crippen LogP contribution in [0.15, 0.2) is 83.3 Å². The van der Waals surface area contributed by atoms with Crippen molar-refractivity contribution >= 4 is 34.3 Å². The number of anilines is 2. The first kappa shape index (κ1) is 21.1. The van der Waals surface area contributed by atoms with Crippen LogP contribution in [0.25, 0.3) is 11.3 Å². The first-order valence-electron chi connectivity index (χ1n) is 9.71. The zero-order valence-electron chi connectivity index (χ0n) is 17.1. The van der Waals surface area contributed by atoms with Crippen LogP contribution in [0, 0.1) is 0 Å². The molecule has 0 aliphatic rings. The zero-order chi connectivity index (χ0) is 22.3. The van der Waals surface area contributed by atoms with Gasteiger partial charge in [0, 0.05) is 22.2 Å². The maximum absolute atomic E-state index is 12.4. The summed E-state index contributed by atoms with van der Waals surface area (Å²) in [5.74, 6) is 0.0418. The van der Waals surface area contributed by atoms with E-state index < -0.39 is 0 Å². The number of rotatable bonds is 7. The van der Waals surface area contributed by atoms with Gasteiger partial charge in [0.2, 0.25) is 0 Å². The number of methoxy groups -OCH3 is 1. The maximum atomic E-state index is 12.4. The molecule has 4 aromatic rings. The summed E-state index contributed by atoms with van der Waals surface area (Å²) in [4.78, 5) is 17.0. The van der Waals surface area contributed by atoms with Crippen LogP contribution in [0.2, 0.25) is 0 Å². The molecule has 1 aromatic heterocycles. The number of carbonyl (C=O) groups is 1. The van der Waals surface area contributed by atoms with Gasteiger partial charge in [0.15, 0.2) is 16.6 Å². The minimum Gasteiger partial charge on any atom is -0.504 e. The summed E-state index contributed by atoms with van der Waals surface area (Å²) in [5, 5.41) is 19.6. The number of thiazole rings is 1. The fraction of sp³-hybridized carbons (Fsp3) is 0.0417. The summed E-state index contributed by atoms with van der Waals surface area (Å²) in [5.41, 5.74) is 6.38. The first-order chi connectivity index (χ1) is 15.6. The van der Waals surface area contributed by atoms with E-state index in [1.54, 1.807) is 24.3 Å². The molecule has 1 amide bonds. The molecular formula is C24H20N4O3S. The van der Waals surface area contributed by atoms with Crippen LogP contribution in [-0.4, -0.2) is 29.3 Å². The minimum absolute atomic E-state index is 0.0388. The largest absolute Gasteiger partial charge is 0.504 e. The topological polar surface area (TPSA) is 95.8 Å². The molecule has 8 heteroatoms. The Morgan fingerprint density at radius 1 is 1.09 bits per heavy atom. The summed E-state index contributed by atoms with van der Waals surface area (Å²) < 4.78 is 5.05. The van der Waals surface area contributed by atoms with Gasteiger partial charge in [-0.3, -0.25) is 4.79 Å². The minimum atomic E-state index is -0.330. The number of ether oxygens (including phenoxy) is 1. The lowest BCUT2D eigenvalue weighted by atomic mass is 10.1. The van der Waals surface area contributed by atoms with Crippen molar-refractivity contribution in [1.29, 1.82) is 0 Å². The zero-order valence-corrected chi connectivity index (χ0v) is 18.0. The van der Waals surface area contributed by atoms with Crippen molar-refractivity contribution in [1.82, 2.24) is 10.4 Å². The lowest BCUT2D eigenvalue weighted by molar-refractivity contribution is 0.0955. The van der Waals surface area contributed by atoms with E-state index in [1.807, 2.05) is 47.8 Å². The molecular weight excluding hydrogens is 424 g/mol. The number of hydrogen-bond donors (Lipinski definition) is 3. The number of phenols is 1. The lowest BCUT2D eigenvalue weighted by Crippen LogP contribution is -2.17. The van der Waals surface area contributed by atoms with Gasteiger partial charge in [0.1, 0.15) is 0 Å². The number of para-hydroxylation sites is 1. The Morgan fingerprint density at radius 2 is 1.88 bits per heavy atom. The van der Waals surface area contributed by atoms with Crippen LogP contribution in [0.4, 0.5) is 10.8 Å². The third kappa shape index (κ3) is 5.11. The highest BCUT2D eigenvalue weighted by atomic mass is 32.1. The van der Waals surface area contributed by atoms with Crippen molar-refractivity contribution in [2.75, 3.05) is 12.4 Å². The fourth-order valence-electron chi connectivity index (χ4n) is 2.91. The molecule has 32 heavy (non-hydrogen) atoms. The van der Waals surface area contributed by atoms with Crippen molar-refractivity contribution in [3.8, 4) is 22.8 Å². The number of nitrogens with one attached hydrogen (secondary N) is 2. The molecule has 0 aliphatic carbocycles. The van der Waals surface area contributed by atoms with E-state index >= 15 is 0 Å². The van der Waals surface area contributed by atoms with E-state index in [-0.39, 0.29) is 11.7 Å². The summed E-state index contributed by atoms with van der Waals surface area (Å²) in [7, 11) is 1.47. The highest BCUT2D eigenvalue weighted by molar-refractivity contribution is 7.14. The SMILES string of the molecule is COc1cc(/C=N\NC(=O)c2ccc(-c3csc(Nc4ccccc4)n3)cc2)ccc1O. The maximum Gasteiger partial charge on any atom is 0.271 e. The van der Waals surface area contributed by atoms with Gasteiger partial charge >= 0.3 is 0 Å². The lowest BCUT2D eigenvalue weighted by Gasteiger charge is -2.04. The van der Waals surface area contributed by atoms with Crippen LogP contribution in [0.3, 0.4) is 0 Å². The van der Waals surface area contributed by atoms with E-state index in [9.17, 15) is 9.90 Å². The molecule has 3 aromatic carbocycles. The van der Waals surface area contributed by atoms with E-state index in [1.165, 1.54) is 30.7 Å². The molecule has 0 saturated carbocycles. The number of phenolic OH excluding ortho intramolecular Hbond substituents is 1. The monoisotopic (exact) mass is 444 g/mol. The molecule has 4 rings (SSSR count). The molecule has 0 fully saturated rings. The number of carbonyl (C=O) groups excluding carboxylic acids is 1. The van der Waals surface area contributed by atoms with Crippen LogP contribution in [-0.2, 0) is 0 Å². The average molecular weight is 445 g/mol. The third-order valence-corrected chi connectivity index (χ3v) is 5.31. The van der Waals surface area contributed by atoms with Crippen molar-refractivity contribution in [3.05, 3.63) is 89.3 Å². The Morgan fingerprint density at radius 3 is 2.62 bits per heavy atom.